The first-order chi connectivity index (χ1) is 17.4. The van der Waals surface area contributed by atoms with Gasteiger partial charge in [0.25, 0.3) is 12.3 Å². The number of likely N-dealkylation sites (N-methyl/N-ethyl adjacent to an activating group) is 1. The highest BCUT2D eigenvalue weighted by Gasteiger charge is 2.33. The molecule has 0 bridgehead atoms. The van der Waals surface area contributed by atoms with Gasteiger partial charge in [0.1, 0.15) is 18.2 Å². The Bertz CT molecular complexity index is 972. The molecule has 0 unspecified atom stereocenters. The smallest absolute Gasteiger partial charge is 0.447 e. The molecule has 2 atom stereocenters. The number of alkyl carbamates (subject to hydrolysis) is 1. The molecule has 0 aliphatic carbocycles. The summed E-state index contributed by atoms with van der Waals surface area (Å²) in [7, 11) is -0.317. The van der Waals surface area contributed by atoms with E-state index in [4.69, 9.17) is 4.74 Å². The monoisotopic (exact) mass is 520 g/mol. The zero-order valence-corrected chi connectivity index (χ0v) is 21.4. The number of rotatable bonds is 11. The fourth-order valence-electron chi connectivity index (χ4n) is 4.11. The van der Waals surface area contributed by atoms with Crippen LogP contribution in [0.5, 0.6) is 0 Å². The van der Waals surface area contributed by atoms with Gasteiger partial charge in [-0.15, -0.1) is 0 Å². The summed E-state index contributed by atoms with van der Waals surface area (Å²) in [4.78, 5) is 28.5. The van der Waals surface area contributed by atoms with Gasteiger partial charge >= 0.3 is 13.2 Å². The number of ether oxygens (including phenoxy) is 1. The lowest BCUT2D eigenvalue weighted by molar-refractivity contribution is -0.131. The van der Waals surface area contributed by atoms with E-state index < -0.39 is 49.6 Å². The summed E-state index contributed by atoms with van der Waals surface area (Å²) in [6.45, 7) is 2.97. The Kier molecular flexibility index (Phi) is 11.5. The minimum Gasteiger partial charge on any atom is -0.447 e. The quantitative estimate of drug-likeness (QED) is 0.232. The van der Waals surface area contributed by atoms with Gasteiger partial charge in [0.05, 0.1) is 18.5 Å². The first kappa shape index (κ1) is 30.2. The van der Waals surface area contributed by atoms with E-state index in [0.29, 0.717) is 19.4 Å². The summed E-state index contributed by atoms with van der Waals surface area (Å²) >= 11 is 0. The average molecular weight is 520 g/mol. The van der Waals surface area contributed by atoms with Crippen molar-refractivity contribution in [2.45, 2.75) is 63.5 Å². The predicted octanol–water partition coefficient (Wildman–Crippen LogP) is 2.14. The van der Waals surface area contributed by atoms with E-state index in [1.807, 2.05) is 12.1 Å². The lowest BCUT2D eigenvalue weighted by Gasteiger charge is -2.36. The van der Waals surface area contributed by atoms with Crippen LogP contribution in [0.2, 0.25) is 0 Å². The van der Waals surface area contributed by atoms with Crippen LogP contribution < -0.4 is 5.32 Å². The second-order valence-electron chi connectivity index (χ2n) is 9.70. The molecule has 2 amide bonds. The average Bonchev–Trinajstić information content (AvgIpc) is 2.85. The molecule has 12 heteroatoms. The number of hydrogen-bond donors (Lipinski definition) is 3. The van der Waals surface area contributed by atoms with Crippen LogP contribution in [0.3, 0.4) is 0 Å². The van der Waals surface area contributed by atoms with Crippen molar-refractivity contribution in [2.24, 2.45) is 0 Å². The van der Waals surface area contributed by atoms with Crippen LogP contribution in [0.25, 0.3) is 0 Å². The highest BCUT2D eigenvalue weighted by Crippen LogP contribution is 2.23. The third-order valence-electron chi connectivity index (χ3n) is 6.50. The van der Waals surface area contributed by atoms with Crippen LogP contribution in [0.15, 0.2) is 42.0 Å². The molecule has 0 radical (unpaired) electrons. The molecule has 9 nitrogen and oxygen atoms in total. The fraction of sp³-hybridized carbons (Fsp3) is 0.560. The first-order valence-corrected chi connectivity index (χ1v) is 12.2. The molecule has 1 heterocycles. The number of carbonyl (C=O) groups excluding carboxylic acids is 2. The molecule has 37 heavy (non-hydrogen) atoms. The number of piperidine rings is 1. The minimum atomic E-state index is -2.56. The van der Waals surface area contributed by atoms with Crippen molar-refractivity contribution in [2.75, 3.05) is 26.7 Å². The Labute approximate surface area is 216 Å². The van der Waals surface area contributed by atoms with Crippen LogP contribution in [0.4, 0.5) is 13.6 Å². The zero-order chi connectivity index (χ0) is 27.6. The van der Waals surface area contributed by atoms with E-state index in [2.05, 4.69) is 5.32 Å². The van der Waals surface area contributed by atoms with Crippen molar-refractivity contribution >= 4 is 19.1 Å². The number of amides is 2. The number of hydrogen-bond acceptors (Lipinski definition) is 7. The van der Waals surface area contributed by atoms with Crippen molar-refractivity contribution in [3.05, 3.63) is 47.5 Å². The third-order valence-corrected chi connectivity index (χ3v) is 6.50. The van der Waals surface area contributed by atoms with Crippen LogP contribution in [-0.4, -0.2) is 89.7 Å². The van der Waals surface area contributed by atoms with E-state index in [1.54, 1.807) is 38.1 Å². The minimum absolute atomic E-state index is 0.148. The molecule has 1 saturated heterocycles. The Morgan fingerprint density at radius 2 is 2.00 bits per heavy atom. The van der Waals surface area contributed by atoms with Gasteiger partial charge in [-0.25, -0.2) is 13.6 Å². The van der Waals surface area contributed by atoms with Gasteiger partial charge in [-0.3, -0.25) is 9.69 Å². The van der Waals surface area contributed by atoms with Crippen LogP contribution in [0, 0.1) is 11.3 Å². The summed E-state index contributed by atoms with van der Waals surface area (Å²) in [5.41, 5.74) is -0.353. The predicted molar refractivity (Wildman–Crippen MR) is 134 cm³/mol. The normalized spacial score (nSPS) is 17.4. The van der Waals surface area contributed by atoms with Gasteiger partial charge in [0.2, 0.25) is 0 Å². The number of likely N-dealkylation sites (tertiary alicyclic amines) is 1. The number of carbonyl (C=O) groups is 2. The van der Waals surface area contributed by atoms with Crippen LogP contribution >= 0.6 is 0 Å². The number of nitrogens with zero attached hydrogens (tertiary/aromatic N) is 3. The van der Waals surface area contributed by atoms with E-state index >= 15 is 0 Å². The largest absolute Gasteiger partial charge is 0.475 e. The lowest BCUT2D eigenvalue weighted by Crippen LogP contribution is -2.50. The Hall–Kier alpha value is -3.01. The Balaban J connectivity index is 2.05. The SMILES string of the molecule is CN(CC(F)F)C(C)(C)/C=C(\C#N)C(=O)N1CCCC[C@@H]1COC(=O)N[C@@H](Cc1ccccc1)B(O)O. The van der Waals surface area contributed by atoms with Crippen molar-refractivity contribution in [1.82, 2.24) is 15.1 Å². The summed E-state index contributed by atoms with van der Waals surface area (Å²) in [5, 5.41) is 31.4. The van der Waals surface area contributed by atoms with Gasteiger partial charge in [0.15, 0.2) is 0 Å². The molecule has 1 fully saturated rings. The number of benzene rings is 1. The maximum Gasteiger partial charge on any atom is 0.475 e. The van der Waals surface area contributed by atoms with Gasteiger partial charge in [-0.05, 0) is 58.2 Å². The van der Waals surface area contributed by atoms with Crippen molar-refractivity contribution < 1.29 is 33.2 Å². The molecular formula is C25H35BF2N4O5. The number of nitriles is 1. The molecule has 2 rings (SSSR count). The second-order valence-corrected chi connectivity index (χ2v) is 9.70. The molecule has 1 aromatic carbocycles. The van der Waals surface area contributed by atoms with Gasteiger partial charge in [0, 0.05) is 12.1 Å². The molecule has 0 spiro atoms. The zero-order valence-electron chi connectivity index (χ0n) is 21.4. The van der Waals surface area contributed by atoms with Crippen molar-refractivity contribution in [3.8, 4) is 6.07 Å². The number of nitrogens with one attached hydrogen (secondary N) is 1. The van der Waals surface area contributed by atoms with Crippen LogP contribution in [0.1, 0.15) is 38.7 Å². The standard InChI is InChI=1S/C25H35BF2N4O5/c1-25(2,31(3)16-22(27)28)14-19(15-29)23(33)32-12-8-7-11-20(32)17-37-24(34)30-21(26(35)36)13-18-9-5-4-6-10-18/h4-6,9-10,14,20-22,35-36H,7-8,11-13,16-17H2,1-3H3,(H,30,34)/b19-14+/t20-,21+/m1/s1. The second kappa shape index (κ2) is 14.1. The third kappa shape index (κ3) is 9.42. The molecule has 0 aromatic heterocycles. The maximum atomic E-state index is 13.2. The summed E-state index contributed by atoms with van der Waals surface area (Å²) < 4.78 is 31.0. The summed E-state index contributed by atoms with van der Waals surface area (Å²) in [5.74, 6) is -1.55. The molecule has 0 saturated carbocycles. The van der Waals surface area contributed by atoms with E-state index in [-0.39, 0.29) is 18.6 Å². The summed E-state index contributed by atoms with van der Waals surface area (Å²) in [6.07, 6.45) is 0.173. The van der Waals surface area contributed by atoms with Crippen molar-refractivity contribution in [1.29, 1.82) is 5.26 Å². The Morgan fingerprint density at radius 3 is 2.59 bits per heavy atom. The van der Waals surface area contributed by atoms with E-state index in [9.17, 15) is 33.7 Å². The Morgan fingerprint density at radius 1 is 1.32 bits per heavy atom. The molecule has 1 aromatic rings. The highest BCUT2D eigenvalue weighted by molar-refractivity contribution is 6.43. The molecule has 1 aliphatic heterocycles. The van der Waals surface area contributed by atoms with Crippen molar-refractivity contribution in [3.63, 3.8) is 0 Å². The van der Waals surface area contributed by atoms with Gasteiger partial charge in [-0.2, -0.15) is 5.26 Å². The fourth-order valence-corrected chi connectivity index (χ4v) is 4.11. The van der Waals surface area contributed by atoms with Crippen LogP contribution in [-0.2, 0) is 16.0 Å². The van der Waals surface area contributed by atoms with E-state index in [0.717, 1.165) is 12.0 Å². The first-order valence-electron chi connectivity index (χ1n) is 12.2. The molecule has 3 N–H and O–H groups in total. The van der Waals surface area contributed by atoms with Gasteiger partial charge in [-0.1, -0.05) is 30.3 Å². The van der Waals surface area contributed by atoms with E-state index in [1.165, 1.54) is 22.9 Å². The maximum absolute atomic E-state index is 13.2. The number of alkyl halides is 2. The lowest BCUT2D eigenvalue weighted by atomic mass is 9.76. The molecular weight excluding hydrogens is 485 g/mol. The highest BCUT2D eigenvalue weighted by atomic mass is 19.3. The number of halogens is 2. The topological polar surface area (TPSA) is 126 Å². The van der Waals surface area contributed by atoms with Gasteiger partial charge < -0.3 is 25.0 Å². The molecule has 1 aliphatic rings. The summed E-state index contributed by atoms with van der Waals surface area (Å²) in [6, 6.07) is 10.4. The molecule has 202 valence electrons.